The van der Waals surface area contributed by atoms with E-state index in [0.717, 1.165) is 14.3 Å². The maximum Gasteiger partial charge on any atom is 0.436 e. The second-order valence-electron chi connectivity index (χ2n) is 6.48. The Morgan fingerprint density at radius 3 is 2.47 bits per heavy atom. The predicted molar refractivity (Wildman–Crippen MR) is 121 cm³/mol. The molecule has 0 bridgehead atoms. The van der Waals surface area contributed by atoms with Crippen molar-refractivity contribution in [2.24, 2.45) is 0 Å². The average Bonchev–Trinajstić information content (AvgIpc) is 2.98. The third kappa shape index (κ3) is 5.76. The SMILES string of the molecule is Cc1c(Br)c(C(F)(F)F)nn1CC(=O)Nc1cc(Oc2ccc(I)cc2)cc([N+](=O)[O-])c1. The molecule has 0 aliphatic carbocycles. The lowest BCUT2D eigenvalue weighted by molar-refractivity contribution is -0.384. The van der Waals surface area contributed by atoms with Gasteiger partial charge in [-0.15, -0.1) is 0 Å². The highest BCUT2D eigenvalue weighted by Gasteiger charge is 2.38. The number of hydrogen-bond acceptors (Lipinski definition) is 5. The minimum absolute atomic E-state index is 0.0460. The number of nitro groups is 1. The highest BCUT2D eigenvalue weighted by molar-refractivity contribution is 14.1. The van der Waals surface area contributed by atoms with Crippen molar-refractivity contribution < 1.29 is 27.6 Å². The zero-order valence-corrected chi connectivity index (χ0v) is 19.9. The predicted octanol–water partition coefficient (Wildman–Crippen LogP) is 5.92. The summed E-state index contributed by atoms with van der Waals surface area (Å²) in [7, 11) is 0. The molecule has 1 N–H and O–H groups in total. The number of hydrogen-bond donors (Lipinski definition) is 1. The molecular weight excluding hydrogens is 612 g/mol. The molecule has 0 radical (unpaired) electrons. The van der Waals surface area contributed by atoms with Crippen molar-refractivity contribution in [1.82, 2.24) is 9.78 Å². The molecular formula is C19H13BrF3IN4O4. The van der Waals surface area contributed by atoms with Crippen molar-refractivity contribution in [2.45, 2.75) is 19.6 Å². The molecule has 168 valence electrons. The van der Waals surface area contributed by atoms with Gasteiger partial charge >= 0.3 is 6.18 Å². The number of anilines is 1. The number of non-ortho nitro benzene ring substituents is 1. The lowest BCUT2D eigenvalue weighted by Gasteiger charge is -2.10. The topological polar surface area (TPSA) is 99.3 Å². The van der Waals surface area contributed by atoms with E-state index >= 15 is 0 Å². The van der Waals surface area contributed by atoms with Crippen LogP contribution in [-0.2, 0) is 17.5 Å². The number of nitrogens with zero attached hydrogens (tertiary/aromatic N) is 3. The number of benzene rings is 2. The fourth-order valence-electron chi connectivity index (χ4n) is 2.65. The maximum absolute atomic E-state index is 13.0. The summed E-state index contributed by atoms with van der Waals surface area (Å²) in [6.07, 6.45) is -4.69. The molecule has 8 nitrogen and oxygen atoms in total. The van der Waals surface area contributed by atoms with Gasteiger partial charge in [-0.2, -0.15) is 18.3 Å². The Kier molecular flexibility index (Phi) is 7.07. The third-order valence-corrected chi connectivity index (χ3v) is 5.80. The van der Waals surface area contributed by atoms with Gasteiger partial charge in [0.1, 0.15) is 18.0 Å². The number of alkyl halides is 3. The van der Waals surface area contributed by atoms with Crippen LogP contribution in [0.25, 0.3) is 0 Å². The van der Waals surface area contributed by atoms with Crippen LogP contribution < -0.4 is 10.1 Å². The van der Waals surface area contributed by atoms with Crippen LogP contribution in [0.5, 0.6) is 11.5 Å². The molecule has 3 aromatic rings. The maximum atomic E-state index is 13.0. The molecule has 0 aliphatic rings. The van der Waals surface area contributed by atoms with Crippen LogP contribution in [0.3, 0.4) is 0 Å². The van der Waals surface area contributed by atoms with Crippen molar-refractivity contribution in [3.63, 3.8) is 0 Å². The van der Waals surface area contributed by atoms with E-state index in [0.29, 0.717) is 5.75 Å². The van der Waals surface area contributed by atoms with Gasteiger partial charge in [-0.3, -0.25) is 19.6 Å². The fourth-order valence-corrected chi connectivity index (χ4v) is 3.52. The van der Waals surface area contributed by atoms with Gasteiger partial charge in [-0.05, 0) is 69.7 Å². The lowest BCUT2D eigenvalue weighted by atomic mass is 10.2. The van der Waals surface area contributed by atoms with E-state index < -0.39 is 29.2 Å². The Bertz CT molecular complexity index is 1180. The molecule has 3 rings (SSSR count). The van der Waals surface area contributed by atoms with Crippen molar-refractivity contribution in [3.05, 3.63) is 72.0 Å². The molecule has 0 aliphatic heterocycles. The van der Waals surface area contributed by atoms with Gasteiger partial charge in [0.05, 0.1) is 26.8 Å². The molecule has 1 amide bonds. The number of carbonyl (C=O) groups excluding carboxylic acids is 1. The van der Waals surface area contributed by atoms with Crippen LogP contribution in [0.4, 0.5) is 24.5 Å². The first kappa shape index (κ1) is 24.0. The summed E-state index contributed by atoms with van der Waals surface area (Å²) in [4.78, 5) is 23.0. The van der Waals surface area contributed by atoms with Crippen LogP contribution in [0.2, 0.25) is 0 Å². The summed E-state index contributed by atoms with van der Waals surface area (Å²) in [6, 6.07) is 10.6. The van der Waals surface area contributed by atoms with Crippen molar-refractivity contribution in [2.75, 3.05) is 5.32 Å². The second kappa shape index (κ2) is 9.44. The molecule has 0 atom stereocenters. The summed E-state index contributed by atoms with van der Waals surface area (Å²) < 4.78 is 46.3. The van der Waals surface area contributed by atoms with E-state index in [1.165, 1.54) is 19.1 Å². The molecule has 0 saturated heterocycles. The van der Waals surface area contributed by atoms with Gasteiger partial charge in [-0.25, -0.2) is 0 Å². The van der Waals surface area contributed by atoms with Gasteiger partial charge in [0.15, 0.2) is 5.69 Å². The summed E-state index contributed by atoms with van der Waals surface area (Å²) in [5.74, 6) is -0.189. The molecule has 13 heteroatoms. The molecule has 0 spiro atoms. The van der Waals surface area contributed by atoms with E-state index in [1.807, 2.05) is 0 Å². The van der Waals surface area contributed by atoms with Crippen LogP contribution in [0.1, 0.15) is 11.4 Å². The first-order valence-electron chi connectivity index (χ1n) is 8.77. The zero-order chi connectivity index (χ0) is 23.6. The summed E-state index contributed by atoms with van der Waals surface area (Å²) in [6.45, 7) is 0.844. The van der Waals surface area contributed by atoms with Crippen LogP contribution in [-0.4, -0.2) is 20.6 Å². The monoisotopic (exact) mass is 624 g/mol. The van der Waals surface area contributed by atoms with Crippen LogP contribution >= 0.6 is 38.5 Å². The zero-order valence-electron chi connectivity index (χ0n) is 16.1. The summed E-state index contributed by atoms with van der Waals surface area (Å²) in [5, 5.41) is 17.1. The average molecular weight is 625 g/mol. The molecule has 1 aromatic heterocycles. The molecule has 2 aromatic carbocycles. The smallest absolute Gasteiger partial charge is 0.436 e. The van der Waals surface area contributed by atoms with Gasteiger partial charge in [0.2, 0.25) is 5.91 Å². The van der Waals surface area contributed by atoms with Crippen LogP contribution in [0, 0.1) is 20.6 Å². The quantitative estimate of drug-likeness (QED) is 0.209. The standard InChI is InChI=1S/C19H13BrF3IN4O4/c1-10-17(20)18(19(21,22)23)26-27(10)9-16(29)25-12-6-13(28(30)31)8-15(7-12)32-14-4-2-11(24)3-5-14/h2-8H,9H2,1H3,(H,25,29). The molecule has 0 fully saturated rings. The van der Waals surface area contributed by atoms with E-state index in [1.54, 1.807) is 24.3 Å². The molecule has 32 heavy (non-hydrogen) atoms. The second-order valence-corrected chi connectivity index (χ2v) is 8.52. The number of carbonyl (C=O) groups is 1. The van der Waals surface area contributed by atoms with Crippen molar-refractivity contribution in [3.8, 4) is 11.5 Å². The Hall–Kier alpha value is -2.68. The minimum Gasteiger partial charge on any atom is -0.457 e. The number of aromatic nitrogens is 2. The Morgan fingerprint density at radius 2 is 1.91 bits per heavy atom. The molecule has 1 heterocycles. The van der Waals surface area contributed by atoms with Gasteiger partial charge in [0.25, 0.3) is 5.69 Å². The number of rotatable bonds is 6. The van der Waals surface area contributed by atoms with Crippen molar-refractivity contribution >= 4 is 55.8 Å². The number of nitrogens with one attached hydrogen (secondary N) is 1. The summed E-state index contributed by atoms with van der Waals surface area (Å²) >= 11 is 4.95. The van der Waals surface area contributed by atoms with E-state index in [9.17, 15) is 28.1 Å². The third-order valence-electron chi connectivity index (χ3n) is 4.13. The fraction of sp³-hybridized carbons (Fsp3) is 0.158. The number of ether oxygens (including phenoxy) is 1. The van der Waals surface area contributed by atoms with E-state index in [-0.39, 0.29) is 27.3 Å². The number of halogens is 5. The highest BCUT2D eigenvalue weighted by atomic mass is 127. The Balaban J connectivity index is 1.82. The molecule has 0 saturated carbocycles. The van der Waals surface area contributed by atoms with Gasteiger partial charge in [0, 0.05) is 15.7 Å². The Labute approximate surface area is 201 Å². The first-order valence-corrected chi connectivity index (χ1v) is 10.6. The summed E-state index contributed by atoms with van der Waals surface area (Å²) in [5.41, 5.74) is -1.33. The largest absolute Gasteiger partial charge is 0.457 e. The molecule has 0 unspecified atom stereocenters. The lowest BCUT2D eigenvalue weighted by Crippen LogP contribution is -2.21. The number of nitro benzene ring substituents is 1. The minimum atomic E-state index is -4.69. The first-order chi connectivity index (χ1) is 14.9. The Morgan fingerprint density at radius 1 is 1.25 bits per heavy atom. The van der Waals surface area contributed by atoms with Gasteiger partial charge in [-0.1, -0.05) is 0 Å². The highest BCUT2D eigenvalue weighted by Crippen LogP contribution is 2.35. The van der Waals surface area contributed by atoms with E-state index in [4.69, 9.17) is 4.74 Å². The van der Waals surface area contributed by atoms with Gasteiger partial charge < -0.3 is 10.1 Å². The van der Waals surface area contributed by atoms with Crippen molar-refractivity contribution in [1.29, 1.82) is 0 Å². The number of amides is 1. The van der Waals surface area contributed by atoms with Crippen LogP contribution in [0.15, 0.2) is 46.9 Å². The normalized spacial score (nSPS) is 11.3. The van der Waals surface area contributed by atoms with E-state index in [2.05, 4.69) is 48.9 Å².